The maximum atomic E-state index is 12.6. The highest BCUT2D eigenvalue weighted by molar-refractivity contribution is 5.80. The molecule has 6 nitrogen and oxygen atoms in total. The highest BCUT2D eigenvalue weighted by Crippen LogP contribution is 2.26. The van der Waals surface area contributed by atoms with Crippen molar-refractivity contribution in [3.63, 3.8) is 0 Å². The van der Waals surface area contributed by atoms with Crippen LogP contribution in [0.3, 0.4) is 0 Å². The molecule has 1 saturated carbocycles. The number of guanidine groups is 1. The molecule has 0 bridgehead atoms. The highest BCUT2D eigenvalue weighted by atomic mass is 16.2. The molecule has 1 N–H and O–H groups in total. The number of rotatable bonds is 5. The quantitative estimate of drug-likeness (QED) is 0.588. The minimum absolute atomic E-state index is 0.316. The standard InChI is InChI=1S/C21H39N5O/c1-3-22-21(26-11-6-7-18(2)17-26)23-10-12-24-13-15-25(16-14-24)20(27)19-8-4-5-9-19/h18-19H,3-17H2,1-2H3,(H,22,23). The molecule has 2 aliphatic heterocycles. The van der Waals surface area contributed by atoms with Crippen LogP contribution >= 0.6 is 0 Å². The van der Waals surface area contributed by atoms with E-state index in [-0.39, 0.29) is 0 Å². The van der Waals surface area contributed by atoms with Gasteiger partial charge in [-0.25, -0.2) is 0 Å². The van der Waals surface area contributed by atoms with Gasteiger partial charge in [-0.1, -0.05) is 19.8 Å². The molecule has 2 saturated heterocycles. The lowest BCUT2D eigenvalue weighted by molar-refractivity contribution is -0.137. The van der Waals surface area contributed by atoms with Gasteiger partial charge in [0.25, 0.3) is 0 Å². The molecule has 1 atom stereocenters. The molecule has 2 heterocycles. The van der Waals surface area contributed by atoms with Crippen LogP contribution in [0, 0.1) is 11.8 Å². The zero-order valence-electron chi connectivity index (χ0n) is 17.5. The van der Waals surface area contributed by atoms with Gasteiger partial charge < -0.3 is 15.1 Å². The zero-order valence-corrected chi connectivity index (χ0v) is 17.5. The lowest BCUT2D eigenvalue weighted by atomic mass is 10.0. The zero-order chi connectivity index (χ0) is 19.1. The first-order valence-electron chi connectivity index (χ1n) is 11.2. The van der Waals surface area contributed by atoms with E-state index < -0.39 is 0 Å². The largest absolute Gasteiger partial charge is 0.357 e. The van der Waals surface area contributed by atoms with E-state index in [1.165, 1.54) is 25.7 Å². The number of likely N-dealkylation sites (tertiary alicyclic amines) is 1. The number of nitrogens with one attached hydrogen (secondary N) is 1. The predicted molar refractivity (Wildman–Crippen MR) is 111 cm³/mol. The fraction of sp³-hybridized carbons (Fsp3) is 0.905. The normalized spacial score (nSPS) is 25.9. The van der Waals surface area contributed by atoms with Crippen LogP contribution in [-0.2, 0) is 4.79 Å². The Balaban J connectivity index is 1.41. The van der Waals surface area contributed by atoms with E-state index in [2.05, 4.69) is 33.9 Å². The van der Waals surface area contributed by atoms with Crippen molar-refractivity contribution < 1.29 is 4.79 Å². The smallest absolute Gasteiger partial charge is 0.225 e. The lowest BCUT2D eigenvalue weighted by Crippen LogP contribution is -2.50. The Kier molecular flexibility index (Phi) is 7.80. The maximum Gasteiger partial charge on any atom is 0.225 e. The third-order valence-corrected chi connectivity index (χ3v) is 6.36. The number of piperazine rings is 1. The summed E-state index contributed by atoms with van der Waals surface area (Å²) in [5, 5.41) is 3.47. The maximum absolute atomic E-state index is 12.6. The first-order valence-corrected chi connectivity index (χ1v) is 11.2. The van der Waals surface area contributed by atoms with Crippen molar-refractivity contribution >= 4 is 11.9 Å². The molecule has 0 aromatic rings. The summed E-state index contributed by atoms with van der Waals surface area (Å²) in [6.07, 6.45) is 7.28. The number of amides is 1. The molecule has 0 radical (unpaired) electrons. The minimum atomic E-state index is 0.316. The monoisotopic (exact) mass is 377 g/mol. The molecule has 3 rings (SSSR count). The highest BCUT2D eigenvalue weighted by Gasteiger charge is 2.29. The van der Waals surface area contributed by atoms with Gasteiger partial charge in [0.05, 0.1) is 6.54 Å². The summed E-state index contributed by atoms with van der Waals surface area (Å²) >= 11 is 0. The van der Waals surface area contributed by atoms with E-state index >= 15 is 0 Å². The van der Waals surface area contributed by atoms with Gasteiger partial charge in [-0.3, -0.25) is 14.7 Å². The lowest BCUT2D eigenvalue weighted by Gasteiger charge is -2.36. The summed E-state index contributed by atoms with van der Waals surface area (Å²) in [7, 11) is 0. The Bertz CT molecular complexity index is 495. The first kappa shape index (κ1) is 20.4. The fourth-order valence-corrected chi connectivity index (χ4v) is 4.73. The summed E-state index contributed by atoms with van der Waals surface area (Å²) in [6, 6.07) is 0. The number of piperidine rings is 1. The molecule has 27 heavy (non-hydrogen) atoms. The van der Waals surface area contributed by atoms with Gasteiger partial charge in [0.15, 0.2) is 5.96 Å². The number of hydrogen-bond donors (Lipinski definition) is 1. The molecule has 0 aromatic carbocycles. The summed E-state index contributed by atoms with van der Waals surface area (Å²) in [4.78, 5) is 24.4. The molecule has 154 valence electrons. The second-order valence-electron chi connectivity index (χ2n) is 8.58. The van der Waals surface area contributed by atoms with Crippen LogP contribution < -0.4 is 5.32 Å². The van der Waals surface area contributed by atoms with E-state index in [1.807, 2.05) is 0 Å². The molecule has 6 heteroatoms. The van der Waals surface area contributed by atoms with Crippen LogP contribution in [0.25, 0.3) is 0 Å². The third-order valence-electron chi connectivity index (χ3n) is 6.36. The van der Waals surface area contributed by atoms with Gasteiger partial charge >= 0.3 is 0 Å². The Morgan fingerprint density at radius 1 is 1.00 bits per heavy atom. The Labute approximate surface area is 165 Å². The molecule has 1 unspecified atom stereocenters. The van der Waals surface area contributed by atoms with E-state index in [9.17, 15) is 4.79 Å². The van der Waals surface area contributed by atoms with Crippen molar-refractivity contribution in [3.8, 4) is 0 Å². The van der Waals surface area contributed by atoms with Crippen LogP contribution in [0.4, 0.5) is 0 Å². The average Bonchev–Trinajstić information content (AvgIpc) is 3.22. The van der Waals surface area contributed by atoms with Crippen LogP contribution in [-0.4, -0.2) is 85.5 Å². The minimum Gasteiger partial charge on any atom is -0.357 e. The van der Waals surface area contributed by atoms with Crippen LogP contribution in [0.5, 0.6) is 0 Å². The number of nitrogens with zero attached hydrogens (tertiary/aromatic N) is 4. The van der Waals surface area contributed by atoms with Crippen LogP contribution in [0.15, 0.2) is 4.99 Å². The molecule has 3 aliphatic rings. The van der Waals surface area contributed by atoms with Gasteiger partial charge in [0.2, 0.25) is 5.91 Å². The molecule has 3 fully saturated rings. The van der Waals surface area contributed by atoms with E-state index in [0.717, 1.165) is 83.6 Å². The first-order chi connectivity index (χ1) is 13.2. The summed E-state index contributed by atoms with van der Waals surface area (Å²) in [5.41, 5.74) is 0. The average molecular weight is 378 g/mol. The van der Waals surface area contributed by atoms with Gasteiger partial charge in [-0.2, -0.15) is 0 Å². The van der Waals surface area contributed by atoms with E-state index in [1.54, 1.807) is 0 Å². The predicted octanol–water partition coefficient (Wildman–Crippen LogP) is 2.02. The van der Waals surface area contributed by atoms with Crippen molar-refractivity contribution in [1.29, 1.82) is 0 Å². The van der Waals surface area contributed by atoms with Crippen molar-refractivity contribution in [2.75, 3.05) is 58.9 Å². The fourth-order valence-electron chi connectivity index (χ4n) is 4.73. The van der Waals surface area contributed by atoms with Crippen molar-refractivity contribution in [2.45, 2.75) is 52.4 Å². The van der Waals surface area contributed by atoms with Gasteiger partial charge in [0, 0.05) is 58.3 Å². The summed E-state index contributed by atoms with van der Waals surface area (Å²) in [6.45, 7) is 13.2. The molecular weight excluding hydrogens is 338 g/mol. The van der Waals surface area contributed by atoms with Crippen molar-refractivity contribution in [3.05, 3.63) is 0 Å². The Hall–Kier alpha value is -1.30. The SMILES string of the molecule is CCNC(=NCCN1CCN(C(=O)C2CCCC2)CC1)N1CCCC(C)C1. The number of carbonyl (C=O) groups excluding carboxylic acids is 1. The van der Waals surface area contributed by atoms with Crippen molar-refractivity contribution in [1.82, 2.24) is 20.0 Å². The molecule has 0 spiro atoms. The second-order valence-corrected chi connectivity index (χ2v) is 8.58. The molecular formula is C21H39N5O. The van der Waals surface area contributed by atoms with E-state index in [0.29, 0.717) is 11.8 Å². The third kappa shape index (κ3) is 5.84. The summed E-state index contributed by atoms with van der Waals surface area (Å²) in [5.74, 6) is 2.57. The Morgan fingerprint density at radius 3 is 2.41 bits per heavy atom. The molecule has 1 aliphatic carbocycles. The molecule has 0 aromatic heterocycles. The van der Waals surface area contributed by atoms with Gasteiger partial charge in [0.1, 0.15) is 0 Å². The van der Waals surface area contributed by atoms with Crippen molar-refractivity contribution in [2.24, 2.45) is 16.8 Å². The topological polar surface area (TPSA) is 51.2 Å². The second kappa shape index (κ2) is 10.3. The van der Waals surface area contributed by atoms with E-state index in [4.69, 9.17) is 4.99 Å². The van der Waals surface area contributed by atoms with Crippen LogP contribution in [0.2, 0.25) is 0 Å². The van der Waals surface area contributed by atoms with Crippen LogP contribution in [0.1, 0.15) is 52.4 Å². The number of hydrogen-bond acceptors (Lipinski definition) is 3. The Morgan fingerprint density at radius 2 is 1.74 bits per heavy atom. The summed E-state index contributed by atoms with van der Waals surface area (Å²) < 4.78 is 0. The van der Waals surface area contributed by atoms with Gasteiger partial charge in [-0.05, 0) is 38.5 Å². The van der Waals surface area contributed by atoms with Gasteiger partial charge in [-0.15, -0.1) is 0 Å². The number of aliphatic imine (C=N–C) groups is 1. The molecule has 1 amide bonds. The number of carbonyl (C=O) groups is 1.